The third-order valence-electron chi connectivity index (χ3n) is 2.45. The number of hydrogen-bond donors (Lipinski definition) is 7. The lowest BCUT2D eigenvalue weighted by atomic mass is 10.1. The predicted octanol–water partition coefficient (Wildman–Crippen LogP) is -3.14. The van der Waals surface area contributed by atoms with E-state index in [1.807, 2.05) is 0 Å². The molecule has 0 aromatic heterocycles. The van der Waals surface area contributed by atoms with Gasteiger partial charge in [0.05, 0.1) is 13.2 Å². The van der Waals surface area contributed by atoms with E-state index in [1.165, 1.54) is 0 Å². The van der Waals surface area contributed by atoms with Gasteiger partial charge in [0, 0.05) is 0 Å². The van der Waals surface area contributed by atoms with Gasteiger partial charge in [-0.15, -0.1) is 0 Å². The molecule has 0 aromatic rings. The standard InChI is InChI=1S/C8H16N3O8P/c9-5(1-10-3-12)11-8-7(14)6(13)4(19-8)2-18-20(15,16)17/h3-4,6-8,13-14H,1-2H2,(H2,9,11)(H,10,12)(H2,15,16,17)/t4-,6-,7-,8?/m1/s1. The fourth-order valence-corrected chi connectivity index (χ4v) is 1.88. The lowest BCUT2D eigenvalue weighted by molar-refractivity contribution is -0.109. The second kappa shape index (κ2) is 7.09. The Balaban J connectivity index is 2.49. The molecule has 116 valence electrons. The number of hydrogen-bond acceptors (Lipinski definition) is 7. The van der Waals surface area contributed by atoms with Crippen molar-refractivity contribution in [3.63, 3.8) is 0 Å². The van der Waals surface area contributed by atoms with E-state index in [1.54, 1.807) is 0 Å². The number of rotatable bonds is 7. The van der Waals surface area contributed by atoms with Crippen LogP contribution in [0, 0.1) is 5.41 Å². The number of amides is 1. The smallest absolute Gasteiger partial charge is 0.387 e. The molecule has 7 N–H and O–H groups in total. The van der Waals surface area contributed by atoms with Gasteiger partial charge < -0.3 is 35.4 Å². The highest BCUT2D eigenvalue weighted by Gasteiger charge is 2.43. The third kappa shape index (κ3) is 5.13. The van der Waals surface area contributed by atoms with Crippen LogP contribution in [0.2, 0.25) is 0 Å². The molecule has 1 fully saturated rings. The van der Waals surface area contributed by atoms with Crippen LogP contribution in [-0.4, -0.2) is 69.9 Å². The first-order valence-corrected chi connectivity index (χ1v) is 7.00. The van der Waals surface area contributed by atoms with E-state index in [9.17, 15) is 19.6 Å². The highest BCUT2D eigenvalue weighted by molar-refractivity contribution is 7.46. The Morgan fingerprint density at radius 3 is 2.60 bits per heavy atom. The SMILES string of the molecule is N=C(CNC=O)NC1O[C@H](COP(=O)(O)O)[C@@H](O)[C@H]1O. The molecular formula is C8H16N3O8P. The highest BCUT2D eigenvalue weighted by atomic mass is 31.2. The zero-order chi connectivity index (χ0) is 15.3. The maximum Gasteiger partial charge on any atom is 0.469 e. The minimum atomic E-state index is -4.71. The van der Waals surface area contributed by atoms with Crippen molar-refractivity contribution in [2.75, 3.05) is 13.2 Å². The van der Waals surface area contributed by atoms with Crippen LogP contribution in [0.3, 0.4) is 0 Å². The third-order valence-corrected chi connectivity index (χ3v) is 2.93. The Morgan fingerprint density at radius 2 is 2.05 bits per heavy atom. The molecule has 1 unspecified atom stereocenters. The first kappa shape index (κ1) is 17.0. The number of aliphatic hydroxyl groups excluding tert-OH is 2. The van der Waals surface area contributed by atoms with Crippen molar-refractivity contribution in [2.45, 2.75) is 24.5 Å². The fourth-order valence-electron chi connectivity index (χ4n) is 1.54. The van der Waals surface area contributed by atoms with Crippen molar-refractivity contribution in [1.82, 2.24) is 10.6 Å². The molecule has 0 aromatic carbocycles. The average molecular weight is 313 g/mol. The number of phosphoric acid groups is 1. The van der Waals surface area contributed by atoms with Crippen molar-refractivity contribution in [1.29, 1.82) is 5.41 Å². The molecule has 1 aliphatic rings. The Kier molecular flexibility index (Phi) is 6.02. The summed E-state index contributed by atoms with van der Waals surface area (Å²) in [5.41, 5.74) is 0. The minimum absolute atomic E-state index is 0.129. The van der Waals surface area contributed by atoms with Gasteiger partial charge in [0.15, 0.2) is 6.23 Å². The molecule has 0 aliphatic carbocycles. The molecule has 1 aliphatic heterocycles. The quantitative estimate of drug-likeness (QED) is 0.110. The summed E-state index contributed by atoms with van der Waals surface area (Å²) in [5, 5.41) is 31.3. The van der Waals surface area contributed by atoms with Crippen molar-refractivity contribution in [3.05, 3.63) is 0 Å². The van der Waals surface area contributed by atoms with E-state index in [-0.39, 0.29) is 12.4 Å². The number of nitrogens with one attached hydrogen (secondary N) is 3. The average Bonchev–Trinajstić information content (AvgIpc) is 2.61. The Bertz CT molecular complexity index is 401. The minimum Gasteiger partial charge on any atom is -0.387 e. The van der Waals surface area contributed by atoms with Gasteiger partial charge >= 0.3 is 7.82 Å². The fraction of sp³-hybridized carbons (Fsp3) is 0.750. The van der Waals surface area contributed by atoms with Crippen LogP contribution < -0.4 is 10.6 Å². The maximum atomic E-state index is 10.5. The lowest BCUT2D eigenvalue weighted by Crippen LogP contribution is -2.46. The van der Waals surface area contributed by atoms with E-state index < -0.39 is 39.0 Å². The normalized spacial score (nSPS) is 30.0. The van der Waals surface area contributed by atoms with Crippen LogP contribution in [0.5, 0.6) is 0 Å². The van der Waals surface area contributed by atoms with Gasteiger partial charge in [-0.25, -0.2) is 4.57 Å². The van der Waals surface area contributed by atoms with Crippen LogP contribution in [0.4, 0.5) is 0 Å². The number of amidine groups is 1. The van der Waals surface area contributed by atoms with E-state index in [0.717, 1.165) is 0 Å². The maximum absolute atomic E-state index is 10.5. The summed E-state index contributed by atoms with van der Waals surface area (Å²) in [5.74, 6) is -0.176. The van der Waals surface area contributed by atoms with Crippen LogP contribution >= 0.6 is 7.82 Å². The van der Waals surface area contributed by atoms with Gasteiger partial charge in [0.1, 0.15) is 24.1 Å². The summed E-state index contributed by atoms with van der Waals surface area (Å²) in [6.07, 6.45) is -4.80. The summed E-state index contributed by atoms with van der Waals surface area (Å²) >= 11 is 0. The zero-order valence-electron chi connectivity index (χ0n) is 10.2. The van der Waals surface area contributed by atoms with Crippen molar-refractivity contribution in [2.24, 2.45) is 0 Å². The van der Waals surface area contributed by atoms with Gasteiger partial charge in [-0.05, 0) is 0 Å². The van der Waals surface area contributed by atoms with Crippen LogP contribution in [0.15, 0.2) is 0 Å². The van der Waals surface area contributed by atoms with E-state index in [2.05, 4.69) is 15.2 Å². The molecule has 0 saturated carbocycles. The second-order valence-corrected chi connectivity index (χ2v) is 5.22. The van der Waals surface area contributed by atoms with Crippen molar-refractivity contribution in [3.8, 4) is 0 Å². The molecule has 1 heterocycles. The molecule has 20 heavy (non-hydrogen) atoms. The number of phosphoric ester groups is 1. The molecular weight excluding hydrogens is 297 g/mol. The first-order valence-electron chi connectivity index (χ1n) is 5.47. The van der Waals surface area contributed by atoms with Crippen molar-refractivity contribution >= 4 is 20.1 Å². The summed E-state index contributed by atoms with van der Waals surface area (Å²) in [6.45, 7) is -0.754. The summed E-state index contributed by atoms with van der Waals surface area (Å²) in [7, 11) is -4.71. The summed E-state index contributed by atoms with van der Waals surface area (Å²) in [6, 6.07) is 0. The van der Waals surface area contributed by atoms with Gasteiger partial charge in [-0.3, -0.25) is 14.7 Å². The van der Waals surface area contributed by atoms with Gasteiger partial charge in [0.2, 0.25) is 6.41 Å². The topological polar surface area (TPSA) is 181 Å². The van der Waals surface area contributed by atoms with Gasteiger partial charge in [-0.1, -0.05) is 0 Å². The molecule has 11 nitrogen and oxygen atoms in total. The Hall–Kier alpha value is -1.07. The molecule has 12 heteroatoms. The monoisotopic (exact) mass is 313 g/mol. The number of carbonyl (C=O) groups excluding carboxylic acids is 1. The second-order valence-electron chi connectivity index (χ2n) is 3.98. The lowest BCUT2D eigenvalue weighted by Gasteiger charge is -2.17. The molecule has 1 saturated heterocycles. The van der Waals surface area contributed by atoms with Crippen LogP contribution in [0.1, 0.15) is 0 Å². The molecule has 0 radical (unpaired) electrons. The number of carbonyl (C=O) groups is 1. The molecule has 1 rings (SSSR count). The molecule has 1 amide bonds. The van der Waals surface area contributed by atoms with E-state index >= 15 is 0 Å². The molecule has 4 atom stereocenters. The van der Waals surface area contributed by atoms with Gasteiger partial charge in [-0.2, -0.15) is 0 Å². The van der Waals surface area contributed by atoms with Gasteiger partial charge in [0.25, 0.3) is 0 Å². The molecule has 0 bridgehead atoms. The van der Waals surface area contributed by atoms with Crippen molar-refractivity contribution < 1.29 is 38.6 Å². The number of ether oxygens (including phenoxy) is 1. The van der Waals surface area contributed by atoms with Crippen LogP contribution in [-0.2, 0) is 18.6 Å². The Labute approximate surface area is 113 Å². The van der Waals surface area contributed by atoms with E-state index in [4.69, 9.17) is 19.9 Å². The van der Waals surface area contributed by atoms with E-state index in [0.29, 0.717) is 6.41 Å². The van der Waals surface area contributed by atoms with Crippen LogP contribution in [0.25, 0.3) is 0 Å². The summed E-state index contributed by atoms with van der Waals surface area (Å²) in [4.78, 5) is 27.1. The largest absolute Gasteiger partial charge is 0.469 e. The first-order chi connectivity index (χ1) is 9.24. The molecule has 0 spiro atoms. The predicted molar refractivity (Wildman–Crippen MR) is 63.6 cm³/mol. The Morgan fingerprint density at radius 1 is 1.40 bits per heavy atom. The highest BCUT2D eigenvalue weighted by Crippen LogP contribution is 2.37. The number of aliphatic hydroxyl groups is 2. The summed E-state index contributed by atoms with van der Waals surface area (Å²) < 4.78 is 19.8. The zero-order valence-corrected chi connectivity index (χ0v) is 11.1.